The maximum absolute atomic E-state index is 12.0. The Morgan fingerprint density at radius 3 is 2.57 bits per heavy atom. The van der Waals surface area contributed by atoms with Gasteiger partial charge in [0.1, 0.15) is 6.54 Å². The Bertz CT molecular complexity index is 542. The molecular weight excluding hydrogens is 473 g/mol. The lowest BCUT2D eigenvalue weighted by Crippen LogP contribution is -2.54. The summed E-state index contributed by atoms with van der Waals surface area (Å²) in [5.74, 6) is 0.492. The van der Waals surface area contributed by atoms with E-state index in [0.717, 1.165) is 52.0 Å². The zero-order valence-electron chi connectivity index (χ0n) is 17.6. The molecule has 0 bridgehead atoms. The Kier molecular flexibility index (Phi) is 10.5. The van der Waals surface area contributed by atoms with Gasteiger partial charge in [-0.15, -0.1) is 24.0 Å². The van der Waals surface area contributed by atoms with Crippen molar-refractivity contribution in [3.05, 3.63) is 0 Å². The number of amides is 2. The monoisotopic (exact) mass is 509 g/mol. The highest BCUT2D eigenvalue weighted by atomic mass is 127. The van der Waals surface area contributed by atoms with Gasteiger partial charge in [-0.2, -0.15) is 0 Å². The van der Waals surface area contributed by atoms with Gasteiger partial charge < -0.3 is 25.2 Å². The number of ether oxygens (including phenoxy) is 1. The van der Waals surface area contributed by atoms with Gasteiger partial charge in [0.05, 0.1) is 13.2 Å². The Labute approximate surface area is 185 Å². The van der Waals surface area contributed by atoms with Crippen LogP contribution in [-0.2, 0) is 14.3 Å². The molecular formula is C19H36IN5O3. The van der Waals surface area contributed by atoms with Crippen LogP contribution in [0.5, 0.6) is 0 Å². The third-order valence-electron chi connectivity index (χ3n) is 5.08. The number of guanidine groups is 1. The molecule has 8 nitrogen and oxygen atoms in total. The highest BCUT2D eigenvalue weighted by Crippen LogP contribution is 2.37. The molecule has 2 N–H and O–H groups in total. The average molecular weight is 509 g/mol. The van der Waals surface area contributed by atoms with Gasteiger partial charge in [-0.05, 0) is 39.5 Å². The van der Waals surface area contributed by atoms with E-state index in [1.54, 1.807) is 19.0 Å². The molecule has 2 fully saturated rings. The largest absolute Gasteiger partial charge is 0.381 e. The molecule has 0 aromatic carbocycles. The van der Waals surface area contributed by atoms with Crippen LogP contribution >= 0.6 is 24.0 Å². The number of hydrogen-bond donors (Lipinski definition) is 2. The van der Waals surface area contributed by atoms with Crippen LogP contribution in [-0.4, -0.2) is 87.1 Å². The first-order valence-corrected chi connectivity index (χ1v) is 9.92. The number of hydrogen-bond acceptors (Lipinski definition) is 4. The van der Waals surface area contributed by atoms with Gasteiger partial charge >= 0.3 is 0 Å². The molecule has 0 radical (unpaired) electrons. The Hall–Kier alpha value is -1.10. The average Bonchev–Trinajstić information content (AvgIpc) is 2.61. The summed E-state index contributed by atoms with van der Waals surface area (Å²) in [5, 5.41) is 6.02. The molecule has 2 amide bonds. The molecule has 2 aliphatic rings. The standard InChI is InChI=1S/C19H35N5O3.HI/c1-15(2)22-16(25)11-20-18(21-12-17(26)23(3)4)24-9-5-7-19(13-24)8-6-10-27-14-19;/h15H,5-14H2,1-4H3,(H,20,21)(H,22,25);1H. The first kappa shape index (κ1) is 24.9. The van der Waals surface area contributed by atoms with E-state index < -0.39 is 0 Å². The number of carbonyl (C=O) groups is 2. The quantitative estimate of drug-likeness (QED) is 0.329. The van der Waals surface area contributed by atoms with Crippen molar-refractivity contribution >= 4 is 41.8 Å². The summed E-state index contributed by atoms with van der Waals surface area (Å²) in [6.45, 7) is 7.40. The van der Waals surface area contributed by atoms with Crippen molar-refractivity contribution in [2.75, 3.05) is 53.5 Å². The Morgan fingerprint density at radius 2 is 1.96 bits per heavy atom. The first-order valence-electron chi connectivity index (χ1n) is 9.92. The second-order valence-electron chi connectivity index (χ2n) is 8.19. The Morgan fingerprint density at radius 1 is 1.25 bits per heavy atom. The molecule has 2 heterocycles. The van der Waals surface area contributed by atoms with E-state index in [2.05, 4.69) is 20.5 Å². The fourth-order valence-electron chi connectivity index (χ4n) is 3.72. The van der Waals surface area contributed by atoms with Crippen LogP contribution in [0.2, 0.25) is 0 Å². The highest BCUT2D eigenvalue weighted by Gasteiger charge is 2.38. The number of nitrogens with zero attached hydrogens (tertiary/aromatic N) is 3. The maximum atomic E-state index is 12.0. The summed E-state index contributed by atoms with van der Waals surface area (Å²) < 4.78 is 5.75. The van der Waals surface area contributed by atoms with Crippen molar-refractivity contribution in [3.8, 4) is 0 Å². The van der Waals surface area contributed by atoms with Crippen molar-refractivity contribution < 1.29 is 14.3 Å². The molecule has 0 aromatic rings. The summed E-state index contributed by atoms with van der Waals surface area (Å²) in [5.41, 5.74) is 0.157. The van der Waals surface area contributed by atoms with Crippen LogP contribution in [0, 0.1) is 5.41 Å². The normalized spacial score (nSPS) is 22.6. The molecule has 1 spiro atoms. The number of halogens is 1. The topological polar surface area (TPSA) is 86.3 Å². The van der Waals surface area contributed by atoms with Crippen molar-refractivity contribution in [1.29, 1.82) is 0 Å². The minimum Gasteiger partial charge on any atom is -0.381 e. The van der Waals surface area contributed by atoms with Crippen molar-refractivity contribution in [3.63, 3.8) is 0 Å². The summed E-state index contributed by atoms with van der Waals surface area (Å²) in [6.07, 6.45) is 4.45. The van der Waals surface area contributed by atoms with E-state index in [-0.39, 0.29) is 60.3 Å². The number of rotatable bonds is 5. The third kappa shape index (κ3) is 7.73. The molecule has 1 unspecified atom stereocenters. The van der Waals surface area contributed by atoms with Crippen molar-refractivity contribution in [1.82, 2.24) is 20.4 Å². The lowest BCUT2D eigenvalue weighted by molar-refractivity contribution is -0.127. The lowest BCUT2D eigenvalue weighted by Gasteiger charge is -2.45. The molecule has 2 rings (SSSR count). The zero-order chi connectivity index (χ0) is 19.9. The molecule has 9 heteroatoms. The van der Waals surface area contributed by atoms with Gasteiger partial charge in [0, 0.05) is 45.2 Å². The van der Waals surface area contributed by atoms with Crippen LogP contribution < -0.4 is 10.6 Å². The van der Waals surface area contributed by atoms with Gasteiger partial charge in [0.25, 0.3) is 0 Å². The molecule has 28 heavy (non-hydrogen) atoms. The molecule has 1 atom stereocenters. The molecule has 2 saturated heterocycles. The van der Waals surface area contributed by atoms with E-state index in [1.165, 1.54) is 0 Å². The molecule has 162 valence electrons. The maximum Gasteiger partial charge on any atom is 0.242 e. The number of aliphatic imine (C=N–C) groups is 1. The van der Waals surface area contributed by atoms with E-state index in [9.17, 15) is 9.59 Å². The minimum absolute atomic E-state index is 0. The van der Waals surface area contributed by atoms with Gasteiger partial charge in [-0.25, -0.2) is 4.99 Å². The SMILES string of the molecule is CC(C)NC(=O)CN=C(NCC(=O)N(C)C)N1CCCC2(CCCOC2)C1.I. The summed E-state index contributed by atoms with van der Waals surface area (Å²) >= 11 is 0. The van der Waals surface area contributed by atoms with Gasteiger partial charge in [0.2, 0.25) is 11.8 Å². The summed E-state index contributed by atoms with van der Waals surface area (Å²) in [4.78, 5) is 32.3. The second kappa shape index (κ2) is 11.8. The van der Waals surface area contributed by atoms with E-state index in [1.807, 2.05) is 13.8 Å². The van der Waals surface area contributed by atoms with Crippen LogP contribution in [0.4, 0.5) is 0 Å². The molecule has 0 aliphatic carbocycles. The molecule has 0 saturated carbocycles. The van der Waals surface area contributed by atoms with Crippen LogP contribution in [0.1, 0.15) is 39.5 Å². The highest BCUT2D eigenvalue weighted by molar-refractivity contribution is 14.0. The lowest BCUT2D eigenvalue weighted by atomic mass is 9.76. The fourth-order valence-corrected chi connectivity index (χ4v) is 3.72. The van der Waals surface area contributed by atoms with Crippen LogP contribution in [0.25, 0.3) is 0 Å². The number of piperidine rings is 1. The third-order valence-corrected chi connectivity index (χ3v) is 5.08. The minimum atomic E-state index is -0.115. The first-order chi connectivity index (χ1) is 12.8. The summed E-state index contributed by atoms with van der Waals surface area (Å²) in [6, 6.07) is 0.0806. The van der Waals surface area contributed by atoms with Crippen molar-refractivity contribution in [2.24, 2.45) is 10.4 Å². The number of carbonyl (C=O) groups excluding carboxylic acids is 2. The molecule has 2 aliphatic heterocycles. The molecule has 0 aromatic heterocycles. The predicted octanol–water partition coefficient (Wildman–Crippen LogP) is 1.06. The van der Waals surface area contributed by atoms with E-state index in [4.69, 9.17) is 4.74 Å². The number of nitrogens with one attached hydrogen (secondary N) is 2. The van der Waals surface area contributed by atoms with Crippen LogP contribution in [0.15, 0.2) is 4.99 Å². The van der Waals surface area contributed by atoms with Gasteiger partial charge in [-0.3, -0.25) is 9.59 Å². The van der Waals surface area contributed by atoms with Crippen molar-refractivity contribution in [2.45, 2.75) is 45.6 Å². The van der Waals surface area contributed by atoms with Crippen LogP contribution in [0.3, 0.4) is 0 Å². The zero-order valence-corrected chi connectivity index (χ0v) is 20.0. The number of likely N-dealkylation sites (tertiary alicyclic amines) is 1. The predicted molar refractivity (Wildman–Crippen MR) is 121 cm³/mol. The van der Waals surface area contributed by atoms with Gasteiger partial charge in [-0.1, -0.05) is 0 Å². The van der Waals surface area contributed by atoms with Gasteiger partial charge in [0.15, 0.2) is 5.96 Å². The second-order valence-corrected chi connectivity index (χ2v) is 8.19. The Balaban J connectivity index is 0.00000392. The smallest absolute Gasteiger partial charge is 0.242 e. The number of likely N-dealkylation sites (N-methyl/N-ethyl adjacent to an activating group) is 1. The van der Waals surface area contributed by atoms with E-state index in [0.29, 0.717) is 5.96 Å². The summed E-state index contributed by atoms with van der Waals surface area (Å²) in [7, 11) is 3.46. The van der Waals surface area contributed by atoms with E-state index >= 15 is 0 Å². The fraction of sp³-hybridized carbons (Fsp3) is 0.842.